The number of ether oxygens (including phenoxy) is 2. The predicted molar refractivity (Wildman–Crippen MR) is 133 cm³/mol. The molecule has 0 spiro atoms. The average Bonchev–Trinajstić information content (AvgIpc) is 2.85. The molecular weight excluding hydrogens is 446 g/mol. The Morgan fingerprint density at radius 2 is 1.31 bits per heavy atom. The number of amides is 3. The minimum Gasteiger partial charge on any atom is -0.490 e. The fourth-order valence-electron chi connectivity index (χ4n) is 3.11. The van der Waals surface area contributed by atoms with Crippen LogP contribution in [0.25, 0.3) is 0 Å². The van der Waals surface area contributed by atoms with E-state index in [1.54, 1.807) is 48.5 Å². The van der Waals surface area contributed by atoms with Crippen LogP contribution in [0.5, 0.6) is 11.5 Å². The zero-order valence-electron chi connectivity index (χ0n) is 19.7. The second-order valence-corrected chi connectivity index (χ2v) is 8.17. The summed E-state index contributed by atoms with van der Waals surface area (Å²) >= 11 is 0. The van der Waals surface area contributed by atoms with Gasteiger partial charge in [-0.15, -0.1) is 0 Å². The summed E-state index contributed by atoms with van der Waals surface area (Å²) in [6.07, 6.45) is 0.419. The van der Waals surface area contributed by atoms with Crippen molar-refractivity contribution in [3.63, 3.8) is 0 Å². The van der Waals surface area contributed by atoms with Gasteiger partial charge in [0.15, 0.2) is 0 Å². The zero-order valence-corrected chi connectivity index (χ0v) is 19.7. The quantitative estimate of drug-likeness (QED) is 0.301. The average molecular weight is 476 g/mol. The van der Waals surface area contributed by atoms with E-state index in [4.69, 9.17) is 9.47 Å². The third-order valence-corrected chi connectivity index (χ3v) is 4.77. The van der Waals surface area contributed by atoms with E-state index >= 15 is 0 Å². The summed E-state index contributed by atoms with van der Waals surface area (Å²) in [7, 11) is 0. The fourth-order valence-corrected chi connectivity index (χ4v) is 3.11. The van der Waals surface area contributed by atoms with Crippen LogP contribution in [0.15, 0.2) is 78.9 Å². The molecule has 0 aliphatic carbocycles. The Hall–Kier alpha value is -4.33. The number of benzene rings is 3. The molecule has 0 saturated heterocycles. The highest BCUT2D eigenvalue weighted by molar-refractivity contribution is 5.99. The molecule has 0 fully saturated rings. The van der Waals surface area contributed by atoms with E-state index in [1.165, 1.54) is 0 Å². The van der Waals surface area contributed by atoms with Gasteiger partial charge in [0, 0.05) is 23.2 Å². The van der Waals surface area contributed by atoms with Gasteiger partial charge in [0.1, 0.15) is 24.7 Å². The number of carbonyl (C=O) groups excluding carboxylic acids is 3. The maximum absolute atomic E-state index is 12.5. The van der Waals surface area contributed by atoms with Crippen molar-refractivity contribution in [2.24, 2.45) is 5.92 Å². The predicted octanol–water partition coefficient (Wildman–Crippen LogP) is 4.20. The molecule has 0 saturated carbocycles. The highest BCUT2D eigenvalue weighted by Crippen LogP contribution is 2.14. The summed E-state index contributed by atoms with van der Waals surface area (Å²) in [6, 6.07) is 22.4. The van der Waals surface area contributed by atoms with Crippen molar-refractivity contribution < 1.29 is 23.9 Å². The molecular formula is C27H29N3O5. The topological polar surface area (TPSA) is 106 Å². The summed E-state index contributed by atoms with van der Waals surface area (Å²) in [5.74, 6) is 0.468. The van der Waals surface area contributed by atoms with Crippen molar-refractivity contribution in [3.8, 4) is 11.5 Å². The second kappa shape index (κ2) is 12.8. The van der Waals surface area contributed by atoms with E-state index in [0.29, 0.717) is 42.2 Å². The lowest BCUT2D eigenvalue weighted by molar-refractivity contribution is -0.116. The minimum absolute atomic E-state index is 0.0839. The van der Waals surface area contributed by atoms with E-state index in [1.807, 2.05) is 44.2 Å². The van der Waals surface area contributed by atoms with Gasteiger partial charge in [0.25, 0.3) is 11.8 Å². The molecule has 0 atom stereocenters. The monoisotopic (exact) mass is 475 g/mol. The van der Waals surface area contributed by atoms with Crippen LogP contribution in [0.4, 0.5) is 5.69 Å². The van der Waals surface area contributed by atoms with Crippen LogP contribution in [-0.4, -0.2) is 30.9 Å². The molecule has 0 bridgehead atoms. The first kappa shape index (κ1) is 25.3. The Morgan fingerprint density at radius 1 is 0.714 bits per heavy atom. The first-order valence-corrected chi connectivity index (χ1v) is 11.3. The van der Waals surface area contributed by atoms with Gasteiger partial charge in [-0.25, -0.2) is 0 Å². The van der Waals surface area contributed by atoms with Gasteiger partial charge in [-0.3, -0.25) is 25.2 Å². The third kappa shape index (κ3) is 8.51. The molecule has 3 amide bonds. The minimum atomic E-state index is -0.484. The Morgan fingerprint density at radius 3 is 1.97 bits per heavy atom. The van der Waals surface area contributed by atoms with E-state index in [0.717, 1.165) is 5.75 Å². The smallest absolute Gasteiger partial charge is 0.269 e. The van der Waals surface area contributed by atoms with E-state index < -0.39 is 11.8 Å². The van der Waals surface area contributed by atoms with E-state index in [2.05, 4.69) is 16.2 Å². The van der Waals surface area contributed by atoms with Gasteiger partial charge < -0.3 is 14.8 Å². The van der Waals surface area contributed by atoms with Crippen molar-refractivity contribution in [1.29, 1.82) is 0 Å². The van der Waals surface area contributed by atoms with E-state index in [-0.39, 0.29) is 11.8 Å². The molecule has 3 aromatic carbocycles. The molecule has 3 aromatic rings. The van der Waals surface area contributed by atoms with Crippen molar-refractivity contribution in [2.75, 3.05) is 18.5 Å². The molecule has 8 heteroatoms. The van der Waals surface area contributed by atoms with Crippen LogP contribution in [-0.2, 0) is 4.79 Å². The summed E-state index contributed by atoms with van der Waals surface area (Å²) < 4.78 is 11.2. The number of rotatable bonds is 10. The van der Waals surface area contributed by atoms with Crippen LogP contribution in [0.1, 0.15) is 41.0 Å². The lowest BCUT2D eigenvalue weighted by atomic mass is 10.1. The normalized spacial score (nSPS) is 10.4. The number of hydrazine groups is 1. The summed E-state index contributed by atoms with van der Waals surface area (Å²) in [5, 5.41) is 2.78. The molecule has 0 aliphatic rings. The lowest BCUT2D eigenvalue weighted by Gasteiger charge is -2.11. The molecule has 0 unspecified atom stereocenters. The highest BCUT2D eigenvalue weighted by Gasteiger charge is 2.11. The SMILES string of the molecule is CC(C)CC(=O)Nc1ccc(C(=O)NNC(=O)c2cccc(OCCOc3ccccc3)c2)cc1. The van der Waals surface area contributed by atoms with Crippen LogP contribution in [0.2, 0.25) is 0 Å². The lowest BCUT2D eigenvalue weighted by Crippen LogP contribution is -2.41. The molecule has 3 N–H and O–H groups in total. The maximum Gasteiger partial charge on any atom is 0.269 e. The van der Waals surface area contributed by atoms with Gasteiger partial charge in [-0.05, 0) is 60.5 Å². The first-order valence-electron chi connectivity index (χ1n) is 11.3. The van der Waals surface area contributed by atoms with Crippen molar-refractivity contribution in [3.05, 3.63) is 90.0 Å². The number of carbonyl (C=O) groups is 3. The molecule has 0 aromatic heterocycles. The number of hydrogen-bond acceptors (Lipinski definition) is 5. The summed E-state index contributed by atoms with van der Waals surface area (Å²) in [6.45, 7) is 4.60. The van der Waals surface area contributed by atoms with E-state index in [9.17, 15) is 14.4 Å². The van der Waals surface area contributed by atoms with Crippen molar-refractivity contribution >= 4 is 23.4 Å². The zero-order chi connectivity index (χ0) is 25.0. The summed E-state index contributed by atoms with van der Waals surface area (Å²) in [5.41, 5.74) is 6.04. The molecule has 3 rings (SSSR count). The first-order chi connectivity index (χ1) is 16.9. The molecule has 0 radical (unpaired) electrons. The Balaban J connectivity index is 1.44. The summed E-state index contributed by atoms with van der Waals surface area (Å²) in [4.78, 5) is 36.7. The second-order valence-electron chi connectivity index (χ2n) is 8.17. The van der Waals surface area contributed by atoms with Gasteiger partial charge in [-0.2, -0.15) is 0 Å². The Bertz CT molecular complexity index is 1130. The fraction of sp³-hybridized carbons (Fsp3) is 0.222. The molecule has 8 nitrogen and oxygen atoms in total. The van der Waals surface area contributed by atoms with Crippen LogP contribution in [0, 0.1) is 5.92 Å². The van der Waals surface area contributed by atoms with Crippen LogP contribution in [0.3, 0.4) is 0 Å². The largest absolute Gasteiger partial charge is 0.490 e. The van der Waals surface area contributed by atoms with Crippen LogP contribution < -0.4 is 25.6 Å². The number of anilines is 1. The van der Waals surface area contributed by atoms with Gasteiger partial charge >= 0.3 is 0 Å². The van der Waals surface area contributed by atoms with Gasteiger partial charge in [-0.1, -0.05) is 38.1 Å². The number of para-hydroxylation sites is 1. The molecule has 0 aliphatic heterocycles. The molecule has 0 heterocycles. The standard InChI is InChI=1S/C27H29N3O5/c1-19(2)17-25(31)28-22-13-11-20(12-14-22)26(32)29-30-27(33)21-7-6-10-24(18-21)35-16-15-34-23-8-4-3-5-9-23/h3-14,18-19H,15-17H2,1-2H3,(H,28,31)(H,29,32)(H,30,33). The van der Waals surface area contributed by atoms with Gasteiger partial charge in [0.2, 0.25) is 5.91 Å². The van der Waals surface area contributed by atoms with Crippen molar-refractivity contribution in [2.45, 2.75) is 20.3 Å². The molecule has 35 heavy (non-hydrogen) atoms. The van der Waals surface area contributed by atoms with Crippen LogP contribution >= 0.6 is 0 Å². The Kier molecular flexibility index (Phi) is 9.24. The number of hydrogen-bond donors (Lipinski definition) is 3. The van der Waals surface area contributed by atoms with Crippen molar-refractivity contribution in [1.82, 2.24) is 10.9 Å². The number of nitrogens with one attached hydrogen (secondary N) is 3. The van der Waals surface area contributed by atoms with Gasteiger partial charge in [0.05, 0.1) is 0 Å². The highest BCUT2D eigenvalue weighted by atomic mass is 16.5. The Labute approximate surface area is 204 Å². The molecule has 182 valence electrons. The third-order valence-electron chi connectivity index (χ3n) is 4.77. The maximum atomic E-state index is 12.5.